The van der Waals surface area contributed by atoms with Crippen LogP contribution in [0.25, 0.3) is 0 Å². The maximum atomic E-state index is 5.85. The molecule has 4 heteroatoms. The van der Waals surface area contributed by atoms with Crippen molar-refractivity contribution in [1.82, 2.24) is 10.3 Å². The molecule has 1 saturated heterocycles. The monoisotopic (exact) mass is 252 g/mol. The van der Waals surface area contributed by atoms with Gasteiger partial charge in [0.25, 0.3) is 0 Å². The van der Waals surface area contributed by atoms with Crippen LogP contribution >= 0.6 is 0 Å². The molecule has 0 spiro atoms. The summed E-state index contributed by atoms with van der Waals surface area (Å²) in [5.41, 5.74) is 0.528. The first-order valence-electron chi connectivity index (χ1n) is 6.70. The van der Waals surface area contributed by atoms with Crippen LogP contribution < -0.4 is 5.32 Å². The van der Waals surface area contributed by atoms with Crippen LogP contribution in [0.1, 0.15) is 56.9 Å². The summed E-state index contributed by atoms with van der Waals surface area (Å²) in [6, 6.07) is 0.604. The lowest BCUT2D eigenvalue weighted by Crippen LogP contribution is -2.35. The van der Waals surface area contributed by atoms with Crippen LogP contribution in [0.2, 0.25) is 0 Å². The van der Waals surface area contributed by atoms with E-state index >= 15 is 0 Å². The van der Waals surface area contributed by atoms with Crippen LogP contribution in [0.4, 0.5) is 0 Å². The van der Waals surface area contributed by atoms with Gasteiger partial charge < -0.3 is 14.5 Å². The summed E-state index contributed by atoms with van der Waals surface area (Å²) in [5.74, 6) is 2.11. The first kappa shape index (κ1) is 13.6. The first-order chi connectivity index (χ1) is 8.44. The Morgan fingerprint density at radius 2 is 2.11 bits per heavy atom. The van der Waals surface area contributed by atoms with E-state index in [0.29, 0.717) is 12.0 Å². The largest absolute Gasteiger partial charge is 0.445 e. The minimum Gasteiger partial charge on any atom is -0.445 e. The van der Waals surface area contributed by atoms with Gasteiger partial charge in [0.1, 0.15) is 17.1 Å². The molecule has 2 rings (SSSR count). The van der Waals surface area contributed by atoms with Crippen LogP contribution in [0.15, 0.2) is 4.42 Å². The molecular weight excluding hydrogens is 228 g/mol. The van der Waals surface area contributed by atoms with Crippen LogP contribution in [-0.2, 0) is 10.3 Å². The molecule has 0 saturated carbocycles. The molecule has 2 unspecified atom stereocenters. The summed E-state index contributed by atoms with van der Waals surface area (Å²) in [6.07, 6.45) is 2.32. The highest BCUT2D eigenvalue weighted by Crippen LogP contribution is 2.31. The Balaban J connectivity index is 2.19. The van der Waals surface area contributed by atoms with Crippen LogP contribution in [0.5, 0.6) is 0 Å². The molecule has 0 bridgehead atoms. The Hall–Kier alpha value is -0.870. The van der Waals surface area contributed by atoms with Crippen molar-refractivity contribution >= 4 is 0 Å². The highest BCUT2D eigenvalue weighted by molar-refractivity contribution is 5.17. The third-order valence-corrected chi connectivity index (χ3v) is 3.90. The molecule has 1 N–H and O–H groups in total. The highest BCUT2D eigenvalue weighted by atomic mass is 16.5. The molecule has 18 heavy (non-hydrogen) atoms. The molecule has 0 amide bonds. The zero-order valence-electron chi connectivity index (χ0n) is 12.0. The third kappa shape index (κ3) is 2.59. The summed E-state index contributed by atoms with van der Waals surface area (Å²) >= 11 is 0. The van der Waals surface area contributed by atoms with E-state index in [1.54, 1.807) is 7.11 Å². The summed E-state index contributed by atoms with van der Waals surface area (Å²) in [7, 11) is 1.71. The highest BCUT2D eigenvalue weighted by Gasteiger charge is 2.30. The SMILES string of the molecule is COC(C)(C)c1nc(C2CCC(C)NC2)oc1C. The maximum absolute atomic E-state index is 5.85. The summed E-state index contributed by atoms with van der Waals surface area (Å²) in [5, 5.41) is 3.48. The zero-order chi connectivity index (χ0) is 13.3. The van der Waals surface area contributed by atoms with Crippen LogP contribution in [-0.4, -0.2) is 24.7 Å². The van der Waals surface area contributed by atoms with Gasteiger partial charge in [-0.15, -0.1) is 0 Å². The third-order valence-electron chi connectivity index (χ3n) is 3.90. The lowest BCUT2D eigenvalue weighted by atomic mass is 9.95. The maximum Gasteiger partial charge on any atom is 0.199 e. The molecule has 1 aromatic rings. The lowest BCUT2D eigenvalue weighted by molar-refractivity contribution is 0.0147. The van der Waals surface area contributed by atoms with Crippen LogP contribution in [0, 0.1) is 6.92 Å². The van der Waals surface area contributed by atoms with Gasteiger partial charge in [0, 0.05) is 25.6 Å². The molecule has 4 nitrogen and oxygen atoms in total. The topological polar surface area (TPSA) is 47.3 Å². The molecule has 0 radical (unpaired) electrons. The molecular formula is C14H24N2O2. The number of nitrogens with one attached hydrogen (secondary N) is 1. The van der Waals surface area contributed by atoms with Crippen LogP contribution in [0.3, 0.4) is 0 Å². The number of piperidine rings is 1. The van der Waals surface area contributed by atoms with Crippen molar-refractivity contribution in [2.24, 2.45) is 0 Å². The summed E-state index contributed by atoms with van der Waals surface area (Å²) in [6.45, 7) is 9.17. The predicted octanol–water partition coefficient (Wildman–Crippen LogP) is 2.72. The minimum atomic E-state index is -0.388. The van der Waals surface area contributed by atoms with Gasteiger partial charge in [-0.1, -0.05) is 0 Å². The fourth-order valence-electron chi connectivity index (χ4n) is 2.46. The van der Waals surface area contributed by atoms with E-state index in [-0.39, 0.29) is 5.60 Å². The minimum absolute atomic E-state index is 0.388. The van der Waals surface area contributed by atoms with Crippen molar-refractivity contribution in [3.63, 3.8) is 0 Å². The number of rotatable bonds is 3. The van der Waals surface area contributed by atoms with Gasteiger partial charge in [-0.3, -0.25) is 0 Å². The van der Waals surface area contributed by atoms with Crippen molar-refractivity contribution in [3.8, 4) is 0 Å². The molecule has 2 heterocycles. The summed E-state index contributed by atoms with van der Waals surface area (Å²) in [4.78, 5) is 4.67. The first-order valence-corrected chi connectivity index (χ1v) is 6.70. The smallest absolute Gasteiger partial charge is 0.199 e. The van der Waals surface area contributed by atoms with E-state index < -0.39 is 0 Å². The van der Waals surface area contributed by atoms with Crippen molar-refractivity contribution < 1.29 is 9.15 Å². The van der Waals surface area contributed by atoms with E-state index in [1.807, 2.05) is 20.8 Å². The molecule has 1 aromatic heterocycles. The van der Waals surface area contributed by atoms with Gasteiger partial charge in [0.2, 0.25) is 0 Å². The molecule has 102 valence electrons. The van der Waals surface area contributed by atoms with E-state index in [2.05, 4.69) is 17.2 Å². The number of aromatic nitrogens is 1. The Kier molecular flexibility index (Phi) is 3.78. The second-order valence-electron chi connectivity index (χ2n) is 5.75. The van der Waals surface area contributed by atoms with Gasteiger partial charge in [-0.25, -0.2) is 4.98 Å². The second kappa shape index (κ2) is 5.02. The quantitative estimate of drug-likeness (QED) is 0.898. The van der Waals surface area contributed by atoms with E-state index in [1.165, 1.54) is 6.42 Å². The Bertz CT molecular complexity index is 404. The van der Waals surface area contributed by atoms with Gasteiger partial charge in [0.05, 0.1) is 0 Å². The van der Waals surface area contributed by atoms with E-state index in [9.17, 15) is 0 Å². The molecule has 1 aliphatic rings. The number of ether oxygens (including phenoxy) is 1. The van der Waals surface area contributed by atoms with Crippen molar-refractivity contribution in [2.45, 2.75) is 58.1 Å². The molecule has 1 aliphatic heterocycles. The zero-order valence-corrected chi connectivity index (χ0v) is 12.0. The van der Waals surface area contributed by atoms with Gasteiger partial charge >= 0.3 is 0 Å². The van der Waals surface area contributed by atoms with E-state index in [4.69, 9.17) is 9.15 Å². The van der Waals surface area contributed by atoms with Gasteiger partial charge in [0.15, 0.2) is 5.89 Å². The summed E-state index contributed by atoms with van der Waals surface area (Å²) < 4.78 is 11.3. The number of oxazole rings is 1. The predicted molar refractivity (Wildman–Crippen MR) is 70.7 cm³/mol. The van der Waals surface area contributed by atoms with Gasteiger partial charge in [-0.05, 0) is 40.5 Å². The Labute approximate surface area is 109 Å². The molecule has 1 fully saturated rings. The number of nitrogens with zero attached hydrogens (tertiary/aromatic N) is 1. The molecule has 2 atom stereocenters. The Morgan fingerprint density at radius 3 is 2.67 bits per heavy atom. The van der Waals surface area contributed by atoms with Gasteiger partial charge in [-0.2, -0.15) is 0 Å². The number of aryl methyl sites for hydroxylation is 1. The molecule has 0 aromatic carbocycles. The average Bonchev–Trinajstić information content (AvgIpc) is 2.73. The fraction of sp³-hybridized carbons (Fsp3) is 0.786. The lowest BCUT2D eigenvalue weighted by Gasteiger charge is -2.25. The van der Waals surface area contributed by atoms with Crippen molar-refractivity contribution in [2.75, 3.05) is 13.7 Å². The number of hydrogen-bond donors (Lipinski definition) is 1. The van der Waals surface area contributed by atoms with Crippen molar-refractivity contribution in [1.29, 1.82) is 0 Å². The van der Waals surface area contributed by atoms with E-state index in [0.717, 1.165) is 30.3 Å². The fourth-order valence-corrected chi connectivity index (χ4v) is 2.46. The Morgan fingerprint density at radius 1 is 1.39 bits per heavy atom. The normalized spacial score (nSPS) is 25.4. The van der Waals surface area contributed by atoms with Crippen molar-refractivity contribution in [3.05, 3.63) is 17.3 Å². The molecule has 0 aliphatic carbocycles. The average molecular weight is 252 g/mol. The standard InChI is InChI=1S/C14H24N2O2/c1-9-6-7-11(8-15-9)13-16-12(10(2)18-13)14(3,4)17-5/h9,11,15H,6-8H2,1-5H3. The second-order valence-corrected chi connectivity index (χ2v) is 5.75. The number of hydrogen-bond acceptors (Lipinski definition) is 4. The number of methoxy groups -OCH3 is 1.